The van der Waals surface area contributed by atoms with E-state index in [-0.39, 0.29) is 6.61 Å². The quantitative estimate of drug-likeness (QED) is 0.938. The number of aliphatic hydroxyl groups is 1. The van der Waals surface area contributed by atoms with Crippen LogP contribution >= 0.6 is 27.3 Å². The molecule has 0 atom stereocenters. The third-order valence-corrected chi connectivity index (χ3v) is 4.37. The highest BCUT2D eigenvalue weighted by atomic mass is 79.9. The molecule has 0 bridgehead atoms. The monoisotopic (exact) mass is 326 g/mol. The summed E-state index contributed by atoms with van der Waals surface area (Å²) >= 11 is 5.01. The maximum absolute atomic E-state index is 9.48. The minimum absolute atomic E-state index is 0.0206. The Kier molecular flexibility index (Phi) is 4.04. The lowest BCUT2D eigenvalue weighted by Crippen LogP contribution is -2.07. The van der Waals surface area contributed by atoms with Crippen LogP contribution in [0.3, 0.4) is 0 Å². The minimum atomic E-state index is 0.0206. The molecule has 0 aliphatic heterocycles. The van der Waals surface area contributed by atoms with Crippen molar-refractivity contribution in [2.45, 2.75) is 13.5 Å². The number of aliphatic hydroxyl groups excluding tert-OH is 1. The predicted molar refractivity (Wildman–Crippen MR) is 80.2 cm³/mol. The lowest BCUT2D eigenvalue weighted by Gasteiger charge is -2.06. The highest BCUT2D eigenvalue weighted by Gasteiger charge is 2.15. The fourth-order valence-corrected chi connectivity index (χ4v) is 2.92. The van der Waals surface area contributed by atoms with Crippen molar-refractivity contribution in [2.75, 3.05) is 19.0 Å². The van der Waals surface area contributed by atoms with Gasteiger partial charge in [0, 0.05) is 24.1 Å². The standard InChI is InChI=1S/C13H15BrN2OS/c1-8-4-5-9(14)6-10(8)12-11(7-17)18-13(15-12)16(2)3/h4-6,17H,7H2,1-3H3. The second-order valence-electron chi connectivity index (χ2n) is 4.28. The molecule has 1 aromatic carbocycles. The van der Waals surface area contributed by atoms with Gasteiger partial charge in [-0.3, -0.25) is 0 Å². The van der Waals surface area contributed by atoms with Crippen LogP contribution in [0.5, 0.6) is 0 Å². The molecular formula is C13H15BrN2OS. The van der Waals surface area contributed by atoms with Crippen LogP contribution in [0.25, 0.3) is 11.3 Å². The van der Waals surface area contributed by atoms with Gasteiger partial charge in [0.15, 0.2) is 5.13 Å². The van der Waals surface area contributed by atoms with Crippen molar-refractivity contribution in [2.24, 2.45) is 0 Å². The maximum atomic E-state index is 9.48. The summed E-state index contributed by atoms with van der Waals surface area (Å²) in [5.74, 6) is 0. The predicted octanol–water partition coefficient (Wildman–Crippen LogP) is 3.44. The molecule has 5 heteroatoms. The van der Waals surface area contributed by atoms with Crippen LogP contribution in [0.4, 0.5) is 5.13 Å². The molecule has 0 spiro atoms. The first-order valence-corrected chi connectivity index (χ1v) is 7.18. The van der Waals surface area contributed by atoms with Gasteiger partial charge in [0.1, 0.15) is 0 Å². The Morgan fingerprint density at radius 1 is 1.39 bits per heavy atom. The Morgan fingerprint density at radius 3 is 2.72 bits per heavy atom. The third-order valence-electron chi connectivity index (χ3n) is 2.67. The van der Waals surface area contributed by atoms with Crippen molar-refractivity contribution in [1.82, 2.24) is 4.98 Å². The summed E-state index contributed by atoms with van der Waals surface area (Å²) in [6.45, 7) is 2.07. The summed E-state index contributed by atoms with van der Waals surface area (Å²) in [5.41, 5.74) is 3.10. The summed E-state index contributed by atoms with van der Waals surface area (Å²) < 4.78 is 1.02. The molecule has 0 fully saturated rings. The van der Waals surface area contributed by atoms with E-state index < -0.39 is 0 Å². The van der Waals surface area contributed by atoms with Crippen LogP contribution in [0.1, 0.15) is 10.4 Å². The molecule has 0 saturated heterocycles. The highest BCUT2D eigenvalue weighted by molar-refractivity contribution is 9.10. The van der Waals surface area contributed by atoms with E-state index in [4.69, 9.17) is 0 Å². The van der Waals surface area contributed by atoms with Gasteiger partial charge in [-0.25, -0.2) is 4.98 Å². The number of aromatic nitrogens is 1. The Labute approximate surface area is 119 Å². The van der Waals surface area contributed by atoms with E-state index in [0.29, 0.717) is 0 Å². The number of hydrogen-bond donors (Lipinski definition) is 1. The molecule has 0 aliphatic rings. The van der Waals surface area contributed by atoms with Crippen LogP contribution in [-0.2, 0) is 6.61 Å². The second kappa shape index (κ2) is 5.38. The summed E-state index contributed by atoms with van der Waals surface area (Å²) in [6.07, 6.45) is 0. The topological polar surface area (TPSA) is 36.4 Å². The average Bonchev–Trinajstić information content (AvgIpc) is 2.76. The van der Waals surface area contributed by atoms with Crippen LogP contribution in [-0.4, -0.2) is 24.2 Å². The Balaban J connectivity index is 2.58. The zero-order valence-corrected chi connectivity index (χ0v) is 13.0. The van der Waals surface area contributed by atoms with Gasteiger partial charge in [0.25, 0.3) is 0 Å². The van der Waals surface area contributed by atoms with Crippen LogP contribution in [0, 0.1) is 6.92 Å². The van der Waals surface area contributed by atoms with Crippen molar-refractivity contribution < 1.29 is 5.11 Å². The second-order valence-corrected chi connectivity index (χ2v) is 6.26. The molecule has 1 aromatic heterocycles. The zero-order valence-electron chi connectivity index (χ0n) is 10.6. The Hall–Kier alpha value is -0.910. The van der Waals surface area contributed by atoms with Crippen molar-refractivity contribution in [3.05, 3.63) is 33.1 Å². The Bertz CT molecular complexity index is 566. The van der Waals surface area contributed by atoms with Crippen molar-refractivity contribution in [1.29, 1.82) is 0 Å². The number of aryl methyl sites for hydroxylation is 1. The molecule has 0 aliphatic carbocycles. The van der Waals surface area contributed by atoms with Gasteiger partial charge in [-0.15, -0.1) is 0 Å². The Morgan fingerprint density at radius 2 is 2.11 bits per heavy atom. The number of rotatable bonds is 3. The van der Waals surface area contributed by atoms with E-state index in [2.05, 4.69) is 33.9 Å². The first-order chi connectivity index (χ1) is 8.52. The summed E-state index contributed by atoms with van der Waals surface area (Å²) in [6, 6.07) is 6.11. The minimum Gasteiger partial charge on any atom is -0.391 e. The largest absolute Gasteiger partial charge is 0.391 e. The smallest absolute Gasteiger partial charge is 0.185 e. The summed E-state index contributed by atoms with van der Waals surface area (Å²) in [4.78, 5) is 7.48. The van der Waals surface area contributed by atoms with Crippen molar-refractivity contribution in [3.63, 3.8) is 0 Å². The zero-order chi connectivity index (χ0) is 13.3. The number of nitrogens with zero attached hydrogens (tertiary/aromatic N) is 2. The average molecular weight is 327 g/mol. The lowest BCUT2D eigenvalue weighted by atomic mass is 10.1. The third kappa shape index (κ3) is 2.58. The van der Waals surface area contributed by atoms with Crippen LogP contribution in [0.2, 0.25) is 0 Å². The van der Waals surface area contributed by atoms with Crippen molar-refractivity contribution in [3.8, 4) is 11.3 Å². The number of anilines is 1. The lowest BCUT2D eigenvalue weighted by molar-refractivity contribution is 0.286. The number of hydrogen-bond acceptors (Lipinski definition) is 4. The number of thiazole rings is 1. The summed E-state index contributed by atoms with van der Waals surface area (Å²) in [5, 5.41) is 10.4. The SMILES string of the molecule is Cc1ccc(Br)cc1-c1nc(N(C)C)sc1CO. The first-order valence-electron chi connectivity index (χ1n) is 5.57. The van der Waals surface area contributed by atoms with Gasteiger partial charge in [0.05, 0.1) is 17.2 Å². The molecule has 2 rings (SSSR count). The van der Waals surface area contributed by atoms with Gasteiger partial charge in [-0.05, 0) is 24.6 Å². The summed E-state index contributed by atoms with van der Waals surface area (Å²) in [7, 11) is 3.91. The van der Waals surface area contributed by atoms with E-state index in [1.165, 1.54) is 11.3 Å². The maximum Gasteiger partial charge on any atom is 0.185 e. The van der Waals surface area contributed by atoms with E-state index >= 15 is 0 Å². The molecule has 0 unspecified atom stereocenters. The number of halogens is 1. The van der Waals surface area contributed by atoms with Crippen LogP contribution < -0.4 is 4.90 Å². The van der Waals surface area contributed by atoms with E-state index in [0.717, 1.165) is 31.3 Å². The molecule has 2 aromatic rings. The van der Waals surface area contributed by atoms with E-state index in [9.17, 15) is 5.11 Å². The molecule has 18 heavy (non-hydrogen) atoms. The van der Waals surface area contributed by atoms with Gasteiger partial charge >= 0.3 is 0 Å². The van der Waals surface area contributed by atoms with E-state index in [1.54, 1.807) is 0 Å². The molecule has 0 amide bonds. The van der Waals surface area contributed by atoms with E-state index in [1.807, 2.05) is 31.1 Å². The fourth-order valence-electron chi connectivity index (χ4n) is 1.70. The molecule has 1 heterocycles. The van der Waals surface area contributed by atoms with Crippen LogP contribution in [0.15, 0.2) is 22.7 Å². The molecule has 96 valence electrons. The normalized spacial score (nSPS) is 10.7. The highest BCUT2D eigenvalue weighted by Crippen LogP contribution is 2.35. The number of benzene rings is 1. The van der Waals surface area contributed by atoms with Gasteiger partial charge in [-0.1, -0.05) is 33.3 Å². The first kappa shape index (κ1) is 13.5. The van der Waals surface area contributed by atoms with Gasteiger partial charge in [0.2, 0.25) is 0 Å². The molecule has 1 N–H and O–H groups in total. The molecule has 0 radical (unpaired) electrons. The van der Waals surface area contributed by atoms with Gasteiger partial charge < -0.3 is 10.0 Å². The molecular weight excluding hydrogens is 312 g/mol. The molecule has 0 saturated carbocycles. The van der Waals surface area contributed by atoms with Gasteiger partial charge in [-0.2, -0.15) is 0 Å². The van der Waals surface area contributed by atoms with Crippen molar-refractivity contribution >= 4 is 32.4 Å². The molecule has 3 nitrogen and oxygen atoms in total. The fraction of sp³-hybridized carbons (Fsp3) is 0.308.